The maximum absolute atomic E-state index is 12.8. The van der Waals surface area contributed by atoms with Gasteiger partial charge >= 0.3 is 0 Å². The van der Waals surface area contributed by atoms with Crippen LogP contribution in [0, 0.1) is 13.8 Å². The van der Waals surface area contributed by atoms with Crippen LogP contribution in [0.4, 0.5) is 5.82 Å². The molecule has 1 aromatic carbocycles. The molecule has 0 saturated carbocycles. The number of carbonyl (C=O) groups is 1. The second kappa shape index (κ2) is 6.28. The molecule has 5 heteroatoms. The first kappa shape index (κ1) is 15.3. The Balaban J connectivity index is 2.04. The van der Waals surface area contributed by atoms with Gasteiger partial charge in [0.05, 0.1) is 0 Å². The van der Waals surface area contributed by atoms with Gasteiger partial charge in [0.15, 0.2) is 5.82 Å². The van der Waals surface area contributed by atoms with Gasteiger partial charge in [-0.2, -0.15) is 0 Å². The Morgan fingerprint density at radius 1 is 1.30 bits per heavy atom. The summed E-state index contributed by atoms with van der Waals surface area (Å²) in [6.45, 7) is 6.77. The molecule has 0 radical (unpaired) electrons. The first-order valence-corrected chi connectivity index (χ1v) is 7.94. The summed E-state index contributed by atoms with van der Waals surface area (Å²) in [5, 5.41) is 7.79. The van der Waals surface area contributed by atoms with Crippen LogP contribution < -0.4 is 5.32 Å². The number of carbonyl (C=O) groups excluding carboxylic acids is 1. The van der Waals surface area contributed by atoms with Gasteiger partial charge in [-0.3, -0.25) is 4.79 Å². The van der Waals surface area contributed by atoms with Crippen LogP contribution in [0.1, 0.15) is 41.6 Å². The molecule has 2 aromatic heterocycles. The molecule has 3 rings (SSSR count). The summed E-state index contributed by atoms with van der Waals surface area (Å²) < 4.78 is 7.12. The number of hydrogen-bond donors (Lipinski definition) is 1. The van der Waals surface area contributed by atoms with Gasteiger partial charge in [-0.15, -0.1) is 0 Å². The number of aromatic nitrogens is 2. The van der Waals surface area contributed by atoms with Crippen molar-refractivity contribution in [2.45, 2.75) is 40.2 Å². The molecule has 1 N–H and O–H groups in total. The number of fused-ring (bicyclic) bond motifs is 1. The highest BCUT2D eigenvalue weighted by Crippen LogP contribution is 2.27. The van der Waals surface area contributed by atoms with Crippen LogP contribution in [0.25, 0.3) is 10.9 Å². The number of unbranched alkanes of at least 4 members (excludes halogenated alkanes) is 1. The Kier molecular flexibility index (Phi) is 4.19. The minimum absolute atomic E-state index is 0.150. The fraction of sp³-hybridized carbons (Fsp3) is 0.333. The van der Waals surface area contributed by atoms with Gasteiger partial charge in [-0.05, 0) is 31.9 Å². The van der Waals surface area contributed by atoms with Crippen molar-refractivity contribution in [1.82, 2.24) is 9.72 Å². The fourth-order valence-corrected chi connectivity index (χ4v) is 2.92. The molecule has 5 nitrogen and oxygen atoms in total. The highest BCUT2D eigenvalue weighted by Gasteiger charge is 2.20. The van der Waals surface area contributed by atoms with Crippen molar-refractivity contribution in [3.63, 3.8) is 0 Å². The van der Waals surface area contributed by atoms with Crippen molar-refractivity contribution < 1.29 is 9.32 Å². The van der Waals surface area contributed by atoms with Crippen molar-refractivity contribution in [2.24, 2.45) is 0 Å². The predicted octanol–water partition coefficient (Wildman–Crippen LogP) is 4.30. The molecule has 23 heavy (non-hydrogen) atoms. The molecular formula is C18H21N3O2. The van der Waals surface area contributed by atoms with Crippen LogP contribution in [0.15, 0.2) is 34.9 Å². The second-order valence-electron chi connectivity index (χ2n) is 5.77. The van der Waals surface area contributed by atoms with Crippen LogP contribution in [0.3, 0.4) is 0 Å². The van der Waals surface area contributed by atoms with Crippen LogP contribution >= 0.6 is 0 Å². The van der Waals surface area contributed by atoms with E-state index in [1.807, 2.05) is 19.1 Å². The highest BCUT2D eigenvalue weighted by molar-refractivity contribution is 6.08. The number of aryl methyl sites for hydroxylation is 3. The highest BCUT2D eigenvalue weighted by atomic mass is 16.5. The summed E-state index contributed by atoms with van der Waals surface area (Å²) in [6.07, 6.45) is 2.11. The Labute approximate surface area is 135 Å². The van der Waals surface area contributed by atoms with E-state index in [0.29, 0.717) is 17.3 Å². The minimum Gasteiger partial charge on any atom is -0.360 e. The molecule has 2 heterocycles. The average Bonchev–Trinajstić information content (AvgIpc) is 3.07. The van der Waals surface area contributed by atoms with E-state index in [-0.39, 0.29) is 5.91 Å². The molecule has 120 valence electrons. The molecule has 0 aliphatic heterocycles. The molecule has 0 aliphatic carbocycles. The maximum atomic E-state index is 12.8. The molecule has 0 unspecified atom stereocenters. The van der Waals surface area contributed by atoms with Crippen molar-refractivity contribution in [2.75, 3.05) is 5.32 Å². The van der Waals surface area contributed by atoms with Gasteiger partial charge in [0.1, 0.15) is 11.5 Å². The smallest absolute Gasteiger partial charge is 0.273 e. The third-order valence-corrected chi connectivity index (χ3v) is 4.04. The standard InChI is InChI=1S/C18H21N3O2/c1-4-5-10-21-15-9-7-6-8-14(15)13(3)17(21)18(22)19-16-11-12(2)23-20-16/h6-9,11H,4-5,10H2,1-3H3,(H,19,20,22). The number of nitrogens with one attached hydrogen (secondary N) is 1. The maximum Gasteiger partial charge on any atom is 0.273 e. The van der Waals surface area contributed by atoms with E-state index in [9.17, 15) is 4.79 Å². The van der Waals surface area contributed by atoms with Gasteiger partial charge in [0, 0.05) is 23.5 Å². The zero-order valence-electron chi connectivity index (χ0n) is 13.7. The van der Waals surface area contributed by atoms with Gasteiger partial charge in [-0.1, -0.05) is 36.7 Å². The molecule has 3 aromatic rings. The van der Waals surface area contributed by atoms with E-state index in [0.717, 1.165) is 35.9 Å². The average molecular weight is 311 g/mol. The van der Waals surface area contributed by atoms with Crippen molar-refractivity contribution in [3.05, 3.63) is 47.3 Å². The quantitative estimate of drug-likeness (QED) is 0.764. The fourth-order valence-electron chi connectivity index (χ4n) is 2.92. The summed E-state index contributed by atoms with van der Waals surface area (Å²) >= 11 is 0. The Morgan fingerprint density at radius 2 is 2.09 bits per heavy atom. The molecule has 0 atom stereocenters. The van der Waals surface area contributed by atoms with Gasteiger partial charge < -0.3 is 14.4 Å². The number of anilines is 1. The third kappa shape index (κ3) is 2.86. The predicted molar refractivity (Wildman–Crippen MR) is 90.8 cm³/mol. The number of para-hydroxylation sites is 1. The van der Waals surface area contributed by atoms with E-state index in [1.54, 1.807) is 13.0 Å². The second-order valence-corrected chi connectivity index (χ2v) is 5.77. The van der Waals surface area contributed by atoms with Crippen molar-refractivity contribution in [3.8, 4) is 0 Å². The third-order valence-electron chi connectivity index (χ3n) is 4.04. The molecule has 0 aliphatic rings. The lowest BCUT2D eigenvalue weighted by molar-refractivity contribution is 0.101. The Hall–Kier alpha value is -2.56. The zero-order valence-corrected chi connectivity index (χ0v) is 13.7. The lowest BCUT2D eigenvalue weighted by atomic mass is 10.1. The van der Waals surface area contributed by atoms with E-state index < -0.39 is 0 Å². The first-order chi connectivity index (χ1) is 11.1. The number of hydrogen-bond acceptors (Lipinski definition) is 3. The number of benzene rings is 1. The van der Waals surface area contributed by atoms with Crippen LogP contribution in [0.2, 0.25) is 0 Å². The Bertz CT molecular complexity index is 845. The van der Waals surface area contributed by atoms with Crippen molar-refractivity contribution in [1.29, 1.82) is 0 Å². The summed E-state index contributed by atoms with van der Waals surface area (Å²) in [6, 6.07) is 9.85. The van der Waals surface area contributed by atoms with Crippen LogP contribution in [-0.4, -0.2) is 15.6 Å². The monoisotopic (exact) mass is 311 g/mol. The molecule has 0 saturated heterocycles. The Morgan fingerprint density at radius 3 is 2.78 bits per heavy atom. The molecule has 0 fully saturated rings. The molecule has 0 bridgehead atoms. The van der Waals surface area contributed by atoms with Crippen molar-refractivity contribution >= 4 is 22.6 Å². The van der Waals surface area contributed by atoms with Gasteiger partial charge in [0.25, 0.3) is 5.91 Å². The molecule has 0 spiro atoms. The summed E-state index contributed by atoms with van der Waals surface area (Å²) in [7, 11) is 0. The molecule has 1 amide bonds. The number of amides is 1. The van der Waals surface area contributed by atoms with E-state index >= 15 is 0 Å². The van der Waals surface area contributed by atoms with Gasteiger partial charge in [-0.25, -0.2) is 0 Å². The van der Waals surface area contributed by atoms with Crippen LogP contribution in [-0.2, 0) is 6.54 Å². The summed E-state index contributed by atoms with van der Waals surface area (Å²) in [4.78, 5) is 12.8. The van der Waals surface area contributed by atoms with Crippen LogP contribution in [0.5, 0.6) is 0 Å². The SMILES string of the molecule is CCCCn1c(C(=O)Nc2cc(C)on2)c(C)c2ccccc21. The first-order valence-electron chi connectivity index (χ1n) is 7.94. The van der Waals surface area contributed by atoms with E-state index in [1.165, 1.54) is 0 Å². The number of rotatable bonds is 5. The largest absolute Gasteiger partial charge is 0.360 e. The summed E-state index contributed by atoms with van der Waals surface area (Å²) in [5.41, 5.74) is 2.79. The lowest BCUT2D eigenvalue weighted by Crippen LogP contribution is -2.18. The van der Waals surface area contributed by atoms with Gasteiger partial charge in [0.2, 0.25) is 0 Å². The normalized spacial score (nSPS) is 11.1. The van der Waals surface area contributed by atoms with E-state index in [2.05, 4.69) is 34.1 Å². The molecular weight excluding hydrogens is 290 g/mol. The summed E-state index contributed by atoms with van der Waals surface area (Å²) in [5.74, 6) is 0.964. The minimum atomic E-state index is -0.150. The zero-order chi connectivity index (χ0) is 16.4. The lowest BCUT2D eigenvalue weighted by Gasteiger charge is -2.10. The number of nitrogens with zero attached hydrogens (tertiary/aromatic N) is 2. The topological polar surface area (TPSA) is 60.1 Å². The van der Waals surface area contributed by atoms with E-state index in [4.69, 9.17) is 4.52 Å².